The third-order valence-corrected chi connectivity index (χ3v) is 5.16. The first-order valence-electron chi connectivity index (χ1n) is 7.63. The van der Waals surface area contributed by atoms with Gasteiger partial charge in [-0.25, -0.2) is 12.8 Å². The molecule has 2 aromatic rings. The molecule has 0 aliphatic carbocycles. The van der Waals surface area contributed by atoms with Crippen molar-refractivity contribution in [3.8, 4) is 0 Å². The Morgan fingerprint density at radius 1 is 1.15 bits per heavy atom. The number of hydrogen-bond acceptors (Lipinski definition) is 3. The van der Waals surface area contributed by atoms with Crippen molar-refractivity contribution in [1.82, 2.24) is 0 Å². The summed E-state index contributed by atoms with van der Waals surface area (Å²) in [5, 5.41) is 3.29. The molecule has 2 rings (SSSR count). The van der Waals surface area contributed by atoms with Gasteiger partial charge in [0.2, 0.25) is 15.9 Å². The topological polar surface area (TPSA) is 66.5 Å². The van der Waals surface area contributed by atoms with Gasteiger partial charge in [0.1, 0.15) is 11.9 Å². The monoisotopic (exact) mass is 418 g/mol. The van der Waals surface area contributed by atoms with E-state index in [9.17, 15) is 17.6 Å². The molecule has 26 heavy (non-hydrogen) atoms. The average molecular weight is 419 g/mol. The van der Waals surface area contributed by atoms with E-state index in [1.165, 1.54) is 30.3 Å². The molecule has 0 heterocycles. The molecule has 2 aromatic carbocycles. The number of rotatable bonds is 6. The smallest absolute Gasteiger partial charge is 0.248 e. The van der Waals surface area contributed by atoms with Crippen LogP contribution in [0.3, 0.4) is 0 Å². The second kappa shape index (κ2) is 8.24. The SMILES string of the molecule is CCC(C(=O)Nc1cc(Cl)cc(Cl)c1)N(c1ccc(F)cc1)S(C)(=O)=O. The number of amides is 1. The van der Waals surface area contributed by atoms with E-state index in [1.807, 2.05) is 0 Å². The number of carbonyl (C=O) groups is 1. The van der Waals surface area contributed by atoms with Crippen LogP contribution in [0.25, 0.3) is 0 Å². The van der Waals surface area contributed by atoms with Gasteiger partial charge in [0, 0.05) is 15.7 Å². The minimum absolute atomic E-state index is 0.194. The average Bonchev–Trinajstić information content (AvgIpc) is 2.51. The quantitative estimate of drug-likeness (QED) is 0.759. The molecular weight excluding hydrogens is 402 g/mol. The fourth-order valence-corrected chi connectivity index (χ4v) is 4.24. The molecule has 0 aliphatic rings. The van der Waals surface area contributed by atoms with Gasteiger partial charge in [-0.15, -0.1) is 0 Å². The Bertz CT molecular complexity index is 884. The van der Waals surface area contributed by atoms with E-state index in [4.69, 9.17) is 23.2 Å². The van der Waals surface area contributed by atoms with E-state index in [1.54, 1.807) is 6.92 Å². The summed E-state index contributed by atoms with van der Waals surface area (Å²) in [6, 6.07) is 8.36. The molecule has 0 radical (unpaired) electrons. The summed E-state index contributed by atoms with van der Waals surface area (Å²) in [5.41, 5.74) is 0.540. The van der Waals surface area contributed by atoms with Crippen LogP contribution in [0.1, 0.15) is 13.3 Å². The molecular formula is C17H17Cl2FN2O3S. The fraction of sp³-hybridized carbons (Fsp3) is 0.235. The number of nitrogens with zero attached hydrogens (tertiary/aromatic N) is 1. The molecule has 140 valence electrons. The Morgan fingerprint density at radius 2 is 1.69 bits per heavy atom. The van der Waals surface area contributed by atoms with Crippen LogP contribution < -0.4 is 9.62 Å². The maximum atomic E-state index is 13.2. The van der Waals surface area contributed by atoms with Gasteiger partial charge >= 0.3 is 0 Å². The third-order valence-electron chi connectivity index (χ3n) is 3.54. The molecule has 1 unspecified atom stereocenters. The Hall–Kier alpha value is -1.83. The predicted molar refractivity (Wildman–Crippen MR) is 103 cm³/mol. The lowest BCUT2D eigenvalue weighted by molar-refractivity contribution is -0.117. The lowest BCUT2D eigenvalue weighted by Crippen LogP contribution is -2.47. The lowest BCUT2D eigenvalue weighted by Gasteiger charge is -2.30. The van der Waals surface area contributed by atoms with E-state index in [-0.39, 0.29) is 12.1 Å². The van der Waals surface area contributed by atoms with Crippen molar-refractivity contribution in [1.29, 1.82) is 0 Å². The molecule has 1 amide bonds. The van der Waals surface area contributed by atoms with Gasteiger partial charge in [-0.1, -0.05) is 30.1 Å². The molecule has 1 atom stereocenters. The number of hydrogen-bond donors (Lipinski definition) is 1. The summed E-state index contributed by atoms with van der Waals surface area (Å²) in [6.07, 6.45) is 1.19. The highest BCUT2D eigenvalue weighted by molar-refractivity contribution is 7.92. The zero-order chi connectivity index (χ0) is 19.5. The second-order valence-electron chi connectivity index (χ2n) is 5.61. The van der Waals surface area contributed by atoms with Crippen molar-refractivity contribution in [3.05, 3.63) is 58.3 Å². The normalized spacial score (nSPS) is 12.5. The van der Waals surface area contributed by atoms with E-state index >= 15 is 0 Å². The van der Waals surface area contributed by atoms with E-state index < -0.39 is 27.8 Å². The van der Waals surface area contributed by atoms with Crippen molar-refractivity contribution in [3.63, 3.8) is 0 Å². The van der Waals surface area contributed by atoms with Gasteiger partial charge in [0.05, 0.1) is 11.9 Å². The summed E-state index contributed by atoms with van der Waals surface area (Å²) < 4.78 is 38.7. The first-order valence-corrected chi connectivity index (χ1v) is 10.2. The summed E-state index contributed by atoms with van der Waals surface area (Å²) in [5.74, 6) is -1.06. The highest BCUT2D eigenvalue weighted by atomic mass is 35.5. The Labute approximate surface area is 161 Å². The molecule has 1 N–H and O–H groups in total. The number of carbonyl (C=O) groups excluding carboxylic acids is 1. The van der Waals surface area contributed by atoms with Crippen LogP contribution in [-0.4, -0.2) is 26.6 Å². The second-order valence-corrected chi connectivity index (χ2v) is 8.34. The van der Waals surface area contributed by atoms with Gasteiger partial charge in [-0.3, -0.25) is 9.10 Å². The van der Waals surface area contributed by atoms with Gasteiger partial charge in [-0.05, 0) is 48.9 Å². The van der Waals surface area contributed by atoms with Gasteiger partial charge in [-0.2, -0.15) is 0 Å². The number of sulfonamides is 1. The highest BCUT2D eigenvalue weighted by Crippen LogP contribution is 2.26. The van der Waals surface area contributed by atoms with Crippen LogP contribution >= 0.6 is 23.2 Å². The van der Waals surface area contributed by atoms with Crippen LogP contribution in [0, 0.1) is 5.82 Å². The minimum atomic E-state index is -3.80. The fourth-order valence-electron chi connectivity index (χ4n) is 2.50. The molecule has 0 spiro atoms. The summed E-state index contributed by atoms with van der Waals surface area (Å²) >= 11 is 11.8. The zero-order valence-electron chi connectivity index (χ0n) is 14.0. The Morgan fingerprint density at radius 3 is 2.15 bits per heavy atom. The number of nitrogens with one attached hydrogen (secondary N) is 1. The van der Waals surface area contributed by atoms with Crippen molar-refractivity contribution in [2.24, 2.45) is 0 Å². The van der Waals surface area contributed by atoms with E-state index in [0.717, 1.165) is 22.7 Å². The predicted octanol–water partition coefficient (Wildman–Crippen LogP) is 4.32. The molecule has 0 saturated heterocycles. The van der Waals surface area contributed by atoms with Crippen LogP contribution in [0.4, 0.5) is 15.8 Å². The molecule has 0 bridgehead atoms. The zero-order valence-corrected chi connectivity index (χ0v) is 16.4. The van der Waals surface area contributed by atoms with Crippen LogP contribution in [0.2, 0.25) is 10.0 Å². The maximum absolute atomic E-state index is 13.2. The van der Waals surface area contributed by atoms with Crippen molar-refractivity contribution in [2.45, 2.75) is 19.4 Å². The number of benzene rings is 2. The van der Waals surface area contributed by atoms with Crippen LogP contribution in [-0.2, 0) is 14.8 Å². The van der Waals surface area contributed by atoms with E-state index in [2.05, 4.69) is 5.32 Å². The molecule has 5 nitrogen and oxygen atoms in total. The standard InChI is InChI=1S/C17H17Cl2FN2O3S/c1-3-16(17(23)21-14-9-11(18)8-12(19)10-14)22(26(2,24)25)15-6-4-13(20)5-7-15/h4-10,16H,3H2,1-2H3,(H,21,23). The van der Waals surface area contributed by atoms with Gasteiger partial charge in [0.15, 0.2) is 0 Å². The highest BCUT2D eigenvalue weighted by Gasteiger charge is 2.31. The van der Waals surface area contributed by atoms with Crippen molar-refractivity contribution >= 4 is 50.5 Å². The maximum Gasteiger partial charge on any atom is 0.248 e. The van der Waals surface area contributed by atoms with Crippen molar-refractivity contribution in [2.75, 3.05) is 15.9 Å². The number of anilines is 2. The Balaban J connectivity index is 2.37. The van der Waals surface area contributed by atoms with Crippen LogP contribution in [0.5, 0.6) is 0 Å². The van der Waals surface area contributed by atoms with Gasteiger partial charge < -0.3 is 5.32 Å². The first kappa shape index (κ1) is 20.5. The molecule has 0 aromatic heterocycles. The molecule has 9 heteroatoms. The first-order chi connectivity index (χ1) is 12.1. The summed E-state index contributed by atoms with van der Waals surface area (Å²) in [4.78, 5) is 12.7. The summed E-state index contributed by atoms with van der Waals surface area (Å²) in [6.45, 7) is 1.68. The number of halogens is 3. The third kappa shape index (κ3) is 5.09. The lowest BCUT2D eigenvalue weighted by atomic mass is 10.1. The van der Waals surface area contributed by atoms with Crippen molar-refractivity contribution < 1.29 is 17.6 Å². The largest absolute Gasteiger partial charge is 0.324 e. The molecule has 0 saturated carbocycles. The summed E-state index contributed by atoms with van der Waals surface area (Å²) in [7, 11) is -3.80. The molecule has 0 aliphatic heterocycles. The minimum Gasteiger partial charge on any atom is -0.324 e. The van der Waals surface area contributed by atoms with Gasteiger partial charge in [0.25, 0.3) is 0 Å². The molecule has 0 fully saturated rings. The van der Waals surface area contributed by atoms with E-state index in [0.29, 0.717) is 15.7 Å². The van der Waals surface area contributed by atoms with Crippen LogP contribution in [0.15, 0.2) is 42.5 Å². The Kier molecular flexibility index (Phi) is 6.49.